The molecule has 1 N–H and O–H groups in total. The quantitative estimate of drug-likeness (QED) is 0.759. The van der Waals surface area contributed by atoms with Crippen LogP contribution in [-0.2, 0) is 24.2 Å². The zero-order valence-corrected chi connectivity index (χ0v) is 16.0. The summed E-state index contributed by atoms with van der Waals surface area (Å²) in [6.07, 6.45) is 11.6. The van der Waals surface area contributed by atoms with Gasteiger partial charge in [0.25, 0.3) is 0 Å². The van der Waals surface area contributed by atoms with E-state index in [4.69, 9.17) is 0 Å². The van der Waals surface area contributed by atoms with Crippen molar-refractivity contribution in [2.45, 2.75) is 45.1 Å². The molecule has 0 amide bonds. The first-order valence-electron chi connectivity index (χ1n) is 10.3. The van der Waals surface area contributed by atoms with E-state index in [1.807, 2.05) is 18.5 Å². The Bertz CT molecular complexity index is 1020. The summed E-state index contributed by atoms with van der Waals surface area (Å²) in [7, 11) is 0. The summed E-state index contributed by atoms with van der Waals surface area (Å²) in [4.78, 5) is 26.3. The van der Waals surface area contributed by atoms with E-state index in [0.29, 0.717) is 6.42 Å². The number of hydrogen-bond donors (Lipinski definition) is 1. The molecule has 0 spiro atoms. The Hall–Kier alpha value is -2.60. The predicted octanol–water partition coefficient (Wildman–Crippen LogP) is 2.94. The van der Waals surface area contributed by atoms with E-state index >= 15 is 0 Å². The number of ketones is 1. The number of fused-ring (bicyclic) bond motifs is 2. The van der Waals surface area contributed by atoms with Gasteiger partial charge in [0, 0.05) is 54.7 Å². The SMILES string of the molecule is O=C(Cc1cc2cc(-c3cnc4n3CCCC4)cnc2cn1)[C@@H]1CCCNC1. The molecule has 0 saturated carbocycles. The second kappa shape index (κ2) is 7.43. The van der Waals surface area contributed by atoms with E-state index in [9.17, 15) is 4.79 Å². The number of carbonyl (C=O) groups is 1. The maximum Gasteiger partial charge on any atom is 0.143 e. The Morgan fingerprint density at radius 2 is 2.07 bits per heavy atom. The number of Topliss-reactive ketones (excluding diaryl/α,β-unsaturated/α-hetero) is 1. The molecule has 3 aromatic heterocycles. The minimum absolute atomic E-state index is 0.119. The minimum Gasteiger partial charge on any atom is -0.328 e. The van der Waals surface area contributed by atoms with Gasteiger partial charge in [-0.3, -0.25) is 14.8 Å². The highest BCUT2D eigenvalue weighted by Gasteiger charge is 2.21. The molecule has 6 heteroatoms. The molecular weight excluding hydrogens is 350 g/mol. The summed E-state index contributed by atoms with van der Waals surface area (Å²) < 4.78 is 2.31. The molecule has 5 heterocycles. The first kappa shape index (κ1) is 17.5. The number of carbonyl (C=O) groups excluding carboxylic acids is 1. The van der Waals surface area contributed by atoms with Gasteiger partial charge in [0.15, 0.2) is 0 Å². The standard InChI is InChI=1S/C22H25N5O/c28-21(15-4-3-6-23-11-15)10-18-9-16-8-17(12-25-19(16)13-24-18)20-14-26-22-5-1-2-7-27(20)22/h8-9,12-15,23H,1-7,10-11H2/t15-/m1/s1. The molecule has 1 fully saturated rings. The fourth-order valence-electron chi connectivity index (χ4n) is 4.41. The molecule has 28 heavy (non-hydrogen) atoms. The van der Waals surface area contributed by atoms with Crippen molar-refractivity contribution >= 4 is 16.7 Å². The molecule has 0 radical (unpaired) electrons. The summed E-state index contributed by atoms with van der Waals surface area (Å²) in [6, 6.07) is 4.17. The Morgan fingerprint density at radius 3 is 2.96 bits per heavy atom. The lowest BCUT2D eigenvalue weighted by molar-refractivity contribution is -0.122. The molecule has 0 unspecified atom stereocenters. The van der Waals surface area contributed by atoms with Crippen LogP contribution in [0.1, 0.15) is 37.2 Å². The van der Waals surface area contributed by atoms with Crippen LogP contribution >= 0.6 is 0 Å². The molecule has 144 valence electrons. The molecule has 1 saturated heterocycles. The van der Waals surface area contributed by atoms with Crippen molar-refractivity contribution in [2.75, 3.05) is 13.1 Å². The maximum absolute atomic E-state index is 12.6. The first-order chi connectivity index (χ1) is 13.8. The van der Waals surface area contributed by atoms with Crippen LogP contribution in [0.3, 0.4) is 0 Å². The monoisotopic (exact) mass is 375 g/mol. The van der Waals surface area contributed by atoms with E-state index in [1.165, 1.54) is 18.7 Å². The second-order valence-corrected chi connectivity index (χ2v) is 7.95. The summed E-state index contributed by atoms with van der Waals surface area (Å²) in [5, 5.41) is 4.35. The van der Waals surface area contributed by atoms with Crippen molar-refractivity contribution < 1.29 is 4.79 Å². The smallest absolute Gasteiger partial charge is 0.143 e. The Balaban J connectivity index is 1.43. The van der Waals surface area contributed by atoms with E-state index in [1.54, 1.807) is 6.20 Å². The molecule has 1 atom stereocenters. The Labute approximate surface area is 164 Å². The summed E-state index contributed by atoms with van der Waals surface area (Å²) in [5.74, 6) is 1.57. The van der Waals surface area contributed by atoms with Crippen molar-refractivity contribution in [1.82, 2.24) is 24.8 Å². The third-order valence-corrected chi connectivity index (χ3v) is 6.00. The average Bonchev–Trinajstić information content (AvgIpc) is 3.18. The lowest BCUT2D eigenvalue weighted by atomic mass is 9.92. The summed E-state index contributed by atoms with van der Waals surface area (Å²) >= 11 is 0. The van der Waals surface area contributed by atoms with Gasteiger partial charge >= 0.3 is 0 Å². The van der Waals surface area contributed by atoms with Gasteiger partial charge in [-0.05, 0) is 44.4 Å². The molecule has 0 aliphatic carbocycles. The third kappa shape index (κ3) is 3.33. The number of aryl methyl sites for hydroxylation is 1. The number of aromatic nitrogens is 4. The number of imidazole rings is 1. The topological polar surface area (TPSA) is 72.7 Å². The molecule has 2 aliphatic heterocycles. The lowest BCUT2D eigenvalue weighted by Crippen LogP contribution is -2.35. The van der Waals surface area contributed by atoms with E-state index in [2.05, 4.69) is 30.9 Å². The fraction of sp³-hybridized carbons (Fsp3) is 0.455. The second-order valence-electron chi connectivity index (χ2n) is 7.95. The Kier molecular flexibility index (Phi) is 4.64. The first-order valence-corrected chi connectivity index (χ1v) is 10.3. The van der Waals surface area contributed by atoms with Gasteiger partial charge in [0.2, 0.25) is 0 Å². The number of pyridine rings is 2. The normalized spacial score (nSPS) is 19.5. The third-order valence-electron chi connectivity index (χ3n) is 6.00. The molecule has 3 aromatic rings. The zero-order valence-electron chi connectivity index (χ0n) is 16.0. The van der Waals surface area contributed by atoms with Crippen LogP contribution in [0.2, 0.25) is 0 Å². The highest BCUT2D eigenvalue weighted by Crippen LogP contribution is 2.27. The number of nitrogens with one attached hydrogen (secondary N) is 1. The van der Waals surface area contributed by atoms with Gasteiger partial charge < -0.3 is 9.88 Å². The summed E-state index contributed by atoms with van der Waals surface area (Å²) in [6.45, 7) is 2.84. The summed E-state index contributed by atoms with van der Waals surface area (Å²) in [5.41, 5.74) is 3.90. The van der Waals surface area contributed by atoms with Crippen LogP contribution in [0.25, 0.3) is 22.2 Å². The van der Waals surface area contributed by atoms with Crippen LogP contribution in [0.5, 0.6) is 0 Å². The van der Waals surface area contributed by atoms with E-state index < -0.39 is 0 Å². The average molecular weight is 375 g/mol. The highest BCUT2D eigenvalue weighted by atomic mass is 16.1. The van der Waals surface area contributed by atoms with Crippen LogP contribution in [0, 0.1) is 5.92 Å². The number of rotatable bonds is 4. The van der Waals surface area contributed by atoms with Crippen molar-refractivity contribution in [3.63, 3.8) is 0 Å². The number of hydrogen-bond acceptors (Lipinski definition) is 5. The molecule has 0 bridgehead atoms. The molecule has 2 aliphatic rings. The van der Waals surface area contributed by atoms with Crippen LogP contribution < -0.4 is 5.32 Å². The maximum atomic E-state index is 12.6. The van der Waals surface area contributed by atoms with Gasteiger partial charge in [-0.2, -0.15) is 0 Å². The zero-order chi connectivity index (χ0) is 18.9. The van der Waals surface area contributed by atoms with Crippen molar-refractivity contribution in [3.8, 4) is 11.3 Å². The number of nitrogens with zero attached hydrogens (tertiary/aromatic N) is 4. The van der Waals surface area contributed by atoms with Gasteiger partial charge in [0.1, 0.15) is 11.6 Å². The van der Waals surface area contributed by atoms with Gasteiger partial charge in [0.05, 0.1) is 23.6 Å². The largest absolute Gasteiger partial charge is 0.328 e. The van der Waals surface area contributed by atoms with Crippen molar-refractivity contribution in [1.29, 1.82) is 0 Å². The fourth-order valence-corrected chi connectivity index (χ4v) is 4.41. The van der Waals surface area contributed by atoms with Gasteiger partial charge in [-0.15, -0.1) is 0 Å². The van der Waals surface area contributed by atoms with Gasteiger partial charge in [-0.25, -0.2) is 4.98 Å². The van der Waals surface area contributed by atoms with Crippen molar-refractivity contribution in [3.05, 3.63) is 42.2 Å². The van der Waals surface area contributed by atoms with Crippen LogP contribution in [0.4, 0.5) is 0 Å². The molecule has 5 rings (SSSR count). The van der Waals surface area contributed by atoms with Crippen LogP contribution in [-0.4, -0.2) is 38.4 Å². The van der Waals surface area contributed by atoms with E-state index in [0.717, 1.165) is 66.8 Å². The number of piperidine rings is 1. The van der Waals surface area contributed by atoms with Gasteiger partial charge in [-0.1, -0.05) is 0 Å². The lowest BCUT2D eigenvalue weighted by Gasteiger charge is -2.21. The minimum atomic E-state index is 0.119. The van der Waals surface area contributed by atoms with Crippen molar-refractivity contribution in [2.24, 2.45) is 5.92 Å². The van der Waals surface area contributed by atoms with Crippen LogP contribution in [0.15, 0.2) is 30.7 Å². The Morgan fingerprint density at radius 1 is 1.11 bits per heavy atom. The molecule has 0 aromatic carbocycles. The molecule has 6 nitrogen and oxygen atoms in total. The highest BCUT2D eigenvalue weighted by molar-refractivity contribution is 5.86. The van der Waals surface area contributed by atoms with E-state index in [-0.39, 0.29) is 11.7 Å². The molecular formula is C22H25N5O. The predicted molar refractivity (Wildman–Crippen MR) is 108 cm³/mol.